The number of hydrogen-bond donors (Lipinski definition) is 1. The summed E-state index contributed by atoms with van der Waals surface area (Å²) >= 11 is 0. The summed E-state index contributed by atoms with van der Waals surface area (Å²) in [5, 5.41) is 8.89. The normalized spacial score (nSPS) is 12.2. The predicted molar refractivity (Wildman–Crippen MR) is 52.9 cm³/mol. The van der Waals surface area contributed by atoms with Gasteiger partial charge in [0, 0.05) is 12.2 Å². The van der Waals surface area contributed by atoms with Crippen LogP contribution in [0.2, 0.25) is 0 Å². The van der Waals surface area contributed by atoms with E-state index in [1.54, 1.807) is 13.8 Å². The number of carbonyl (C=O) groups is 1. The maximum absolute atomic E-state index is 10.9. The van der Waals surface area contributed by atoms with Gasteiger partial charge in [0.15, 0.2) is 0 Å². The molecule has 82 valence electrons. The molecular weight excluding hydrogens is 184 g/mol. The third-order valence-electron chi connectivity index (χ3n) is 1.49. The first-order valence-corrected chi connectivity index (χ1v) is 4.62. The molecule has 0 radical (unpaired) electrons. The Hall–Kier alpha value is -0.870. The number of aliphatic hydroxyl groups is 1. The Morgan fingerprint density at radius 3 is 2.57 bits per heavy atom. The third-order valence-corrected chi connectivity index (χ3v) is 1.49. The quantitative estimate of drug-likeness (QED) is 0.378. The summed E-state index contributed by atoms with van der Waals surface area (Å²) < 4.78 is 9.89. The molecule has 0 bridgehead atoms. The van der Waals surface area contributed by atoms with Gasteiger partial charge in [0.1, 0.15) is 6.61 Å². The summed E-state index contributed by atoms with van der Waals surface area (Å²) in [4.78, 5) is 10.9. The first-order chi connectivity index (χ1) is 6.54. The second-order valence-corrected chi connectivity index (χ2v) is 3.17. The minimum Gasteiger partial charge on any atom is -0.460 e. The van der Waals surface area contributed by atoms with Crippen LogP contribution < -0.4 is 0 Å². The van der Waals surface area contributed by atoms with Gasteiger partial charge in [0.05, 0.1) is 12.7 Å². The second kappa shape index (κ2) is 7.53. The fourth-order valence-electron chi connectivity index (χ4n) is 0.672. The minimum atomic E-state index is -0.399. The molecule has 0 heterocycles. The van der Waals surface area contributed by atoms with Crippen molar-refractivity contribution in [3.63, 3.8) is 0 Å². The van der Waals surface area contributed by atoms with E-state index in [4.69, 9.17) is 14.6 Å². The van der Waals surface area contributed by atoms with Crippen molar-refractivity contribution in [2.75, 3.05) is 19.8 Å². The van der Waals surface area contributed by atoms with Gasteiger partial charge in [0.2, 0.25) is 0 Å². The van der Waals surface area contributed by atoms with Crippen LogP contribution in [0.25, 0.3) is 0 Å². The molecule has 0 amide bonds. The molecule has 0 aliphatic carbocycles. The van der Waals surface area contributed by atoms with Gasteiger partial charge < -0.3 is 14.6 Å². The summed E-state index contributed by atoms with van der Waals surface area (Å²) in [6, 6.07) is 0. The van der Waals surface area contributed by atoms with Gasteiger partial charge >= 0.3 is 5.97 Å². The number of esters is 1. The first kappa shape index (κ1) is 13.1. The van der Waals surface area contributed by atoms with Gasteiger partial charge in [-0.1, -0.05) is 6.58 Å². The summed E-state index contributed by atoms with van der Waals surface area (Å²) in [5.74, 6) is -0.399. The Kier molecular flexibility index (Phi) is 7.06. The van der Waals surface area contributed by atoms with Crippen molar-refractivity contribution in [1.29, 1.82) is 0 Å². The van der Waals surface area contributed by atoms with E-state index in [0.29, 0.717) is 25.2 Å². The summed E-state index contributed by atoms with van der Waals surface area (Å²) in [5.41, 5.74) is 0.383. The maximum Gasteiger partial charge on any atom is 0.333 e. The molecule has 4 heteroatoms. The highest BCUT2D eigenvalue weighted by Gasteiger charge is 2.02. The number of aliphatic hydroxyl groups excluding tert-OH is 1. The summed E-state index contributed by atoms with van der Waals surface area (Å²) in [6.45, 7) is 7.79. The molecule has 1 atom stereocenters. The Labute approximate surface area is 84.5 Å². The molecule has 0 rings (SSSR count). The molecule has 0 aromatic carbocycles. The van der Waals surface area contributed by atoms with Crippen molar-refractivity contribution in [2.24, 2.45) is 0 Å². The van der Waals surface area contributed by atoms with Gasteiger partial charge in [-0.2, -0.15) is 0 Å². The maximum atomic E-state index is 10.9. The standard InChI is InChI=1S/C10H18O4/c1-8(2)10(12)14-7-6-13-5-4-9(3)11/h9,11H,1,4-7H2,2-3H3. The van der Waals surface area contributed by atoms with Crippen LogP contribution in [0.15, 0.2) is 12.2 Å². The average molecular weight is 202 g/mol. The van der Waals surface area contributed by atoms with Crippen LogP contribution in [0.5, 0.6) is 0 Å². The molecule has 0 aromatic rings. The molecule has 0 saturated carbocycles. The molecule has 0 aliphatic heterocycles. The lowest BCUT2D eigenvalue weighted by atomic mass is 10.3. The van der Waals surface area contributed by atoms with E-state index in [-0.39, 0.29) is 12.7 Å². The average Bonchev–Trinajstić information content (AvgIpc) is 2.09. The zero-order chi connectivity index (χ0) is 11.0. The highest BCUT2D eigenvalue weighted by atomic mass is 16.6. The zero-order valence-electron chi connectivity index (χ0n) is 8.78. The third kappa shape index (κ3) is 7.76. The van der Waals surface area contributed by atoms with E-state index in [2.05, 4.69) is 6.58 Å². The van der Waals surface area contributed by atoms with Gasteiger partial charge in [-0.3, -0.25) is 0 Å². The van der Waals surface area contributed by atoms with Crippen LogP contribution >= 0.6 is 0 Å². The monoisotopic (exact) mass is 202 g/mol. The van der Waals surface area contributed by atoms with Crippen LogP contribution in [-0.4, -0.2) is 37.0 Å². The van der Waals surface area contributed by atoms with Crippen LogP contribution in [0.4, 0.5) is 0 Å². The second-order valence-electron chi connectivity index (χ2n) is 3.17. The molecule has 4 nitrogen and oxygen atoms in total. The topological polar surface area (TPSA) is 55.8 Å². The van der Waals surface area contributed by atoms with Crippen molar-refractivity contribution in [1.82, 2.24) is 0 Å². The summed E-state index contributed by atoms with van der Waals surface area (Å²) in [7, 11) is 0. The van der Waals surface area contributed by atoms with Gasteiger partial charge in [0.25, 0.3) is 0 Å². The van der Waals surface area contributed by atoms with Crippen LogP contribution in [0.1, 0.15) is 20.3 Å². The van der Waals surface area contributed by atoms with E-state index in [1.165, 1.54) is 0 Å². The molecule has 14 heavy (non-hydrogen) atoms. The van der Waals surface area contributed by atoms with Crippen molar-refractivity contribution < 1.29 is 19.4 Å². The molecule has 0 saturated heterocycles. The highest BCUT2D eigenvalue weighted by Crippen LogP contribution is 1.93. The number of carbonyl (C=O) groups excluding carboxylic acids is 1. The van der Waals surface area contributed by atoms with Crippen molar-refractivity contribution in [2.45, 2.75) is 26.4 Å². The molecule has 0 fully saturated rings. The minimum absolute atomic E-state index is 0.228. The van der Waals surface area contributed by atoms with E-state index in [1.807, 2.05) is 0 Å². The van der Waals surface area contributed by atoms with Gasteiger partial charge in [-0.25, -0.2) is 4.79 Å². The molecule has 0 aliphatic rings. The lowest BCUT2D eigenvalue weighted by Crippen LogP contribution is -2.13. The van der Waals surface area contributed by atoms with Gasteiger partial charge in [-0.15, -0.1) is 0 Å². The summed E-state index contributed by atoms with van der Waals surface area (Å²) in [6.07, 6.45) is 0.238. The lowest BCUT2D eigenvalue weighted by Gasteiger charge is -2.06. The number of ether oxygens (including phenoxy) is 2. The Morgan fingerprint density at radius 2 is 2.07 bits per heavy atom. The Balaban J connectivity index is 3.22. The lowest BCUT2D eigenvalue weighted by molar-refractivity contribution is -0.140. The molecular formula is C10H18O4. The van der Waals surface area contributed by atoms with Crippen molar-refractivity contribution >= 4 is 5.97 Å². The van der Waals surface area contributed by atoms with E-state index >= 15 is 0 Å². The smallest absolute Gasteiger partial charge is 0.333 e. The van der Waals surface area contributed by atoms with Crippen LogP contribution in [0.3, 0.4) is 0 Å². The van der Waals surface area contributed by atoms with E-state index < -0.39 is 5.97 Å². The fraction of sp³-hybridized carbons (Fsp3) is 0.700. The Morgan fingerprint density at radius 1 is 1.43 bits per heavy atom. The zero-order valence-corrected chi connectivity index (χ0v) is 8.78. The SMILES string of the molecule is C=C(C)C(=O)OCCOCCC(C)O. The molecule has 0 spiro atoms. The first-order valence-electron chi connectivity index (χ1n) is 4.62. The molecule has 1 unspecified atom stereocenters. The Bertz CT molecular complexity index is 187. The van der Waals surface area contributed by atoms with Gasteiger partial charge in [-0.05, 0) is 20.3 Å². The molecule has 0 aromatic heterocycles. The van der Waals surface area contributed by atoms with Crippen LogP contribution in [0, 0.1) is 0 Å². The highest BCUT2D eigenvalue weighted by molar-refractivity contribution is 5.86. The van der Waals surface area contributed by atoms with E-state index in [9.17, 15) is 4.79 Å². The number of hydrogen-bond acceptors (Lipinski definition) is 4. The van der Waals surface area contributed by atoms with Crippen molar-refractivity contribution in [3.05, 3.63) is 12.2 Å². The van der Waals surface area contributed by atoms with Crippen molar-refractivity contribution in [3.8, 4) is 0 Å². The molecule has 1 N–H and O–H groups in total. The fourth-order valence-corrected chi connectivity index (χ4v) is 0.672. The van der Waals surface area contributed by atoms with E-state index in [0.717, 1.165) is 0 Å². The predicted octanol–water partition coefficient (Wildman–Crippen LogP) is 0.893. The van der Waals surface area contributed by atoms with Crippen LogP contribution in [-0.2, 0) is 14.3 Å². The number of rotatable bonds is 7. The largest absolute Gasteiger partial charge is 0.460 e.